The smallest absolute Gasteiger partial charge is 0.339 e. The molecule has 0 spiro atoms. The van der Waals surface area contributed by atoms with Crippen LogP contribution in [0.4, 0.5) is 5.69 Å². The van der Waals surface area contributed by atoms with Crippen molar-refractivity contribution in [1.29, 1.82) is 0 Å². The van der Waals surface area contributed by atoms with Crippen LogP contribution in [0, 0.1) is 0 Å². The molecule has 0 aliphatic heterocycles. The van der Waals surface area contributed by atoms with Gasteiger partial charge in [-0.05, 0) is 53.2 Å². The Bertz CT molecular complexity index is 628. The average Bonchev–Trinajstić information content (AvgIpc) is 2.85. The van der Waals surface area contributed by atoms with Crippen molar-refractivity contribution >= 4 is 39.2 Å². The summed E-state index contributed by atoms with van der Waals surface area (Å²) in [4.78, 5) is 12.1. The van der Waals surface area contributed by atoms with Gasteiger partial charge in [-0.3, -0.25) is 0 Å². The first-order valence-electron chi connectivity index (χ1n) is 5.83. The lowest BCUT2D eigenvalue weighted by Crippen LogP contribution is -2.41. The quantitative estimate of drug-likeness (QED) is 0.832. The molecule has 6 heteroatoms. The first-order valence-corrected chi connectivity index (χ1v) is 7.01. The minimum absolute atomic E-state index is 0.441. The molecule has 106 valence electrons. The van der Waals surface area contributed by atoms with Crippen molar-refractivity contribution in [2.24, 2.45) is 0 Å². The van der Waals surface area contributed by atoms with Gasteiger partial charge in [-0.25, -0.2) is 4.79 Å². The molecule has 4 nitrogen and oxygen atoms in total. The molecule has 1 atom stereocenters. The lowest BCUT2D eigenvalue weighted by Gasteiger charge is -2.27. The molecule has 0 aliphatic rings. The number of benzene rings is 1. The minimum Gasteiger partial charge on any atom is -0.467 e. The van der Waals surface area contributed by atoms with Gasteiger partial charge < -0.3 is 14.5 Å². The van der Waals surface area contributed by atoms with E-state index in [2.05, 4.69) is 21.2 Å². The number of nitrogens with one attached hydrogen (secondary N) is 1. The maximum Gasteiger partial charge on any atom is 0.339 e. The molecule has 1 aromatic carbocycles. The number of rotatable bonds is 4. The molecule has 1 N–H and O–H groups in total. The highest BCUT2D eigenvalue weighted by Crippen LogP contribution is 2.31. The van der Waals surface area contributed by atoms with Crippen molar-refractivity contribution in [3.63, 3.8) is 0 Å². The fourth-order valence-corrected chi connectivity index (χ4v) is 2.35. The topological polar surface area (TPSA) is 51.5 Å². The van der Waals surface area contributed by atoms with Gasteiger partial charge in [-0.15, -0.1) is 0 Å². The zero-order chi connectivity index (χ0) is 14.8. The van der Waals surface area contributed by atoms with Crippen molar-refractivity contribution in [3.8, 4) is 0 Å². The van der Waals surface area contributed by atoms with Gasteiger partial charge in [0.2, 0.25) is 0 Å². The van der Waals surface area contributed by atoms with Gasteiger partial charge in [0.05, 0.1) is 7.11 Å². The second-order valence-corrected chi connectivity index (χ2v) is 5.57. The third kappa shape index (κ3) is 2.99. The summed E-state index contributed by atoms with van der Waals surface area (Å²) in [6.07, 6.45) is 0. The molecule has 20 heavy (non-hydrogen) atoms. The molecule has 0 saturated heterocycles. The molecular weight excluding hydrogens is 346 g/mol. The van der Waals surface area contributed by atoms with Crippen LogP contribution in [0.2, 0.25) is 5.02 Å². The Balaban J connectivity index is 2.40. The monoisotopic (exact) mass is 357 g/mol. The molecule has 1 heterocycles. The van der Waals surface area contributed by atoms with Gasteiger partial charge in [0, 0.05) is 10.7 Å². The van der Waals surface area contributed by atoms with Crippen LogP contribution in [-0.4, -0.2) is 13.1 Å². The van der Waals surface area contributed by atoms with E-state index >= 15 is 0 Å². The normalized spacial score (nSPS) is 13.6. The van der Waals surface area contributed by atoms with E-state index in [0.29, 0.717) is 21.1 Å². The molecule has 0 aliphatic carbocycles. The zero-order valence-corrected chi connectivity index (χ0v) is 13.3. The lowest BCUT2D eigenvalue weighted by molar-refractivity contribution is -0.146. The number of carbonyl (C=O) groups is 1. The molecule has 0 fully saturated rings. The van der Waals surface area contributed by atoms with E-state index in [1.54, 1.807) is 37.3 Å². The largest absolute Gasteiger partial charge is 0.467 e. The van der Waals surface area contributed by atoms with Crippen LogP contribution in [0.25, 0.3) is 0 Å². The van der Waals surface area contributed by atoms with Gasteiger partial charge in [0.15, 0.2) is 10.2 Å². The number of methoxy groups -OCH3 is 1. The minimum atomic E-state index is -1.15. The Morgan fingerprint density at radius 3 is 2.70 bits per heavy atom. The van der Waals surface area contributed by atoms with Crippen LogP contribution in [0.15, 0.2) is 45.5 Å². The molecule has 2 aromatic rings. The fraction of sp³-hybridized carbons (Fsp3) is 0.214. The van der Waals surface area contributed by atoms with Crippen LogP contribution in [0.5, 0.6) is 0 Å². The number of hydrogen-bond acceptors (Lipinski definition) is 4. The predicted octanol–water partition coefficient (Wildman–Crippen LogP) is 4.20. The van der Waals surface area contributed by atoms with Crippen LogP contribution >= 0.6 is 27.5 Å². The summed E-state index contributed by atoms with van der Waals surface area (Å²) in [6, 6.07) is 10.5. The van der Waals surface area contributed by atoms with Gasteiger partial charge in [-0.1, -0.05) is 17.7 Å². The number of carbonyl (C=O) groups excluding carboxylic acids is 1. The summed E-state index contributed by atoms with van der Waals surface area (Å²) in [7, 11) is 1.33. The number of halogens is 2. The Labute approximate surface area is 130 Å². The Morgan fingerprint density at radius 2 is 2.15 bits per heavy atom. The maximum absolute atomic E-state index is 12.1. The molecule has 1 unspecified atom stereocenters. The second-order valence-electron chi connectivity index (χ2n) is 4.36. The number of anilines is 1. The summed E-state index contributed by atoms with van der Waals surface area (Å²) >= 11 is 9.18. The molecular formula is C14H13BrClNO3. The van der Waals surface area contributed by atoms with E-state index in [9.17, 15) is 4.79 Å². The van der Waals surface area contributed by atoms with Crippen molar-refractivity contribution in [1.82, 2.24) is 0 Å². The fourth-order valence-electron chi connectivity index (χ4n) is 1.86. The Hall–Kier alpha value is -1.46. The van der Waals surface area contributed by atoms with Crippen molar-refractivity contribution < 1.29 is 13.9 Å². The Morgan fingerprint density at radius 1 is 1.40 bits per heavy atom. The molecule has 2 rings (SSSR count). The number of esters is 1. The average molecular weight is 359 g/mol. The summed E-state index contributed by atoms with van der Waals surface area (Å²) in [5.74, 6) is -0.0180. The highest BCUT2D eigenvalue weighted by atomic mass is 79.9. The standard InChI is InChI=1S/C14H13BrClNO3/c1-14(13(18)19-2,11-6-7-12(15)20-11)17-10-5-3-4-9(16)8-10/h3-8,17H,1-2H3. The van der Waals surface area contributed by atoms with E-state index in [1.165, 1.54) is 7.11 Å². The van der Waals surface area contributed by atoms with Crippen LogP contribution in [0.3, 0.4) is 0 Å². The van der Waals surface area contributed by atoms with E-state index in [4.69, 9.17) is 20.8 Å². The van der Waals surface area contributed by atoms with Crippen molar-refractivity contribution in [2.75, 3.05) is 12.4 Å². The van der Waals surface area contributed by atoms with Gasteiger partial charge in [-0.2, -0.15) is 0 Å². The van der Waals surface area contributed by atoms with Gasteiger partial charge >= 0.3 is 5.97 Å². The first-order chi connectivity index (χ1) is 9.45. The van der Waals surface area contributed by atoms with E-state index in [0.717, 1.165) is 0 Å². The predicted molar refractivity (Wildman–Crippen MR) is 80.9 cm³/mol. The second kappa shape index (κ2) is 5.89. The van der Waals surface area contributed by atoms with Gasteiger partial charge in [0.1, 0.15) is 5.76 Å². The summed E-state index contributed by atoms with van der Waals surface area (Å²) < 4.78 is 10.9. The highest BCUT2D eigenvalue weighted by Gasteiger charge is 2.39. The van der Waals surface area contributed by atoms with E-state index < -0.39 is 11.5 Å². The molecule has 0 radical (unpaired) electrons. The summed E-state index contributed by atoms with van der Waals surface area (Å²) in [5, 5.41) is 3.68. The molecule has 1 aromatic heterocycles. The third-order valence-corrected chi connectivity index (χ3v) is 3.54. The van der Waals surface area contributed by atoms with Crippen molar-refractivity contribution in [3.05, 3.63) is 51.9 Å². The maximum atomic E-state index is 12.1. The highest BCUT2D eigenvalue weighted by molar-refractivity contribution is 9.10. The zero-order valence-electron chi connectivity index (χ0n) is 10.9. The number of hydrogen-bond donors (Lipinski definition) is 1. The number of furan rings is 1. The SMILES string of the molecule is COC(=O)C(C)(Nc1cccc(Cl)c1)c1ccc(Br)o1. The molecule has 0 saturated carbocycles. The lowest BCUT2D eigenvalue weighted by atomic mass is 9.98. The number of ether oxygens (including phenoxy) is 1. The van der Waals surface area contributed by atoms with E-state index in [-0.39, 0.29) is 0 Å². The summed E-state index contributed by atoms with van der Waals surface area (Å²) in [5.41, 5.74) is -0.455. The first kappa shape index (κ1) is 14.9. The van der Waals surface area contributed by atoms with Crippen LogP contribution in [-0.2, 0) is 15.1 Å². The van der Waals surface area contributed by atoms with Crippen LogP contribution < -0.4 is 5.32 Å². The van der Waals surface area contributed by atoms with Crippen LogP contribution in [0.1, 0.15) is 12.7 Å². The van der Waals surface area contributed by atoms with E-state index in [1.807, 2.05) is 6.07 Å². The third-order valence-electron chi connectivity index (χ3n) is 2.88. The van der Waals surface area contributed by atoms with Gasteiger partial charge in [0.25, 0.3) is 0 Å². The molecule has 0 bridgehead atoms. The van der Waals surface area contributed by atoms with Crippen molar-refractivity contribution in [2.45, 2.75) is 12.5 Å². The Kier molecular flexibility index (Phi) is 4.40. The summed E-state index contributed by atoms with van der Waals surface area (Å²) in [6.45, 7) is 1.69. The molecule has 0 amide bonds.